The summed E-state index contributed by atoms with van der Waals surface area (Å²) in [7, 11) is 0. The van der Waals surface area contributed by atoms with Gasteiger partial charge in [0.2, 0.25) is 0 Å². The van der Waals surface area contributed by atoms with Crippen molar-refractivity contribution in [1.82, 2.24) is 14.7 Å². The summed E-state index contributed by atoms with van der Waals surface area (Å²) in [6, 6.07) is 2.04. The van der Waals surface area contributed by atoms with Gasteiger partial charge in [-0.2, -0.15) is 18.3 Å². The highest BCUT2D eigenvalue weighted by atomic mass is 19.4. The molecule has 1 saturated heterocycles. The van der Waals surface area contributed by atoms with E-state index in [1.807, 2.05) is 4.68 Å². The molecule has 1 aromatic rings. The Morgan fingerprint density at radius 2 is 2.09 bits per heavy atom. The number of nitrogens with two attached hydrogens (primary N) is 1. The first-order valence-corrected chi connectivity index (χ1v) is 7.50. The van der Waals surface area contributed by atoms with Crippen molar-refractivity contribution in [3.8, 4) is 0 Å². The van der Waals surface area contributed by atoms with Crippen molar-refractivity contribution >= 4 is 5.91 Å². The molecule has 0 spiro atoms. The van der Waals surface area contributed by atoms with Crippen LogP contribution in [0.3, 0.4) is 0 Å². The largest absolute Gasteiger partial charge is 0.471 e. The van der Waals surface area contributed by atoms with E-state index in [9.17, 15) is 18.0 Å². The normalized spacial score (nSPS) is 26.8. The molecule has 1 atom stereocenters. The number of alkyl halides is 3. The van der Waals surface area contributed by atoms with Crippen molar-refractivity contribution in [2.24, 2.45) is 5.73 Å². The van der Waals surface area contributed by atoms with E-state index in [0.29, 0.717) is 12.8 Å². The lowest BCUT2D eigenvalue weighted by molar-refractivity contribution is -0.187. The summed E-state index contributed by atoms with van der Waals surface area (Å²) in [5.41, 5.74) is 6.16. The van der Waals surface area contributed by atoms with Gasteiger partial charge in [-0.1, -0.05) is 0 Å². The van der Waals surface area contributed by atoms with Crippen molar-refractivity contribution in [1.29, 1.82) is 0 Å². The first kappa shape index (κ1) is 15.3. The average molecular weight is 316 g/mol. The van der Waals surface area contributed by atoms with Gasteiger partial charge in [0.1, 0.15) is 0 Å². The minimum Gasteiger partial charge on any atom is -0.333 e. The zero-order valence-electron chi connectivity index (χ0n) is 12.1. The highest BCUT2D eigenvalue weighted by molar-refractivity contribution is 5.82. The number of hydrogen-bond donors (Lipinski definition) is 1. The van der Waals surface area contributed by atoms with Gasteiger partial charge in [-0.05, 0) is 38.2 Å². The monoisotopic (exact) mass is 316 g/mol. The van der Waals surface area contributed by atoms with E-state index >= 15 is 0 Å². The molecule has 3 rings (SSSR count). The fraction of sp³-hybridized carbons (Fsp3) is 0.714. The zero-order chi connectivity index (χ0) is 16.0. The summed E-state index contributed by atoms with van der Waals surface area (Å²) in [6.45, 7) is -0.0292. The lowest BCUT2D eigenvalue weighted by atomic mass is 9.85. The second kappa shape index (κ2) is 5.26. The molecule has 1 aliphatic carbocycles. The first-order valence-electron chi connectivity index (χ1n) is 7.50. The number of hydrogen-bond acceptors (Lipinski definition) is 3. The van der Waals surface area contributed by atoms with E-state index in [0.717, 1.165) is 29.9 Å². The van der Waals surface area contributed by atoms with Crippen LogP contribution in [0.4, 0.5) is 13.2 Å². The van der Waals surface area contributed by atoms with E-state index in [4.69, 9.17) is 5.73 Å². The van der Waals surface area contributed by atoms with Crippen molar-refractivity contribution in [2.45, 2.75) is 49.9 Å². The third kappa shape index (κ3) is 2.60. The predicted octanol–water partition coefficient (Wildman–Crippen LogP) is 1.95. The Morgan fingerprint density at radius 3 is 2.68 bits per heavy atom. The highest BCUT2D eigenvalue weighted by Gasteiger charge is 2.47. The quantitative estimate of drug-likeness (QED) is 0.907. The molecule has 1 aromatic heterocycles. The van der Waals surface area contributed by atoms with Crippen LogP contribution in [0.5, 0.6) is 0 Å². The number of carbonyl (C=O) groups excluding carboxylic acids is 1. The lowest BCUT2D eigenvalue weighted by Crippen LogP contribution is -2.57. The smallest absolute Gasteiger partial charge is 0.333 e. The Kier molecular flexibility index (Phi) is 3.66. The molecule has 1 amide bonds. The third-order valence-corrected chi connectivity index (χ3v) is 4.65. The van der Waals surface area contributed by atoms with E-state index in [1.54, 1.807) is 12.3 Å². The van der Waals surface area contributed by atoms with E-state index < -0.39 is 17.6 Å². The molecule has 0 radical (unpaired) electrons. The number of rotatable bonds is 2. The van der Waals surface area contributed by atoms with Gasteiger partial charge in [-0.3, -0.25) is 9.48 Å². The average Bonchev–Trinajstić information content (AvgIpc) is 2.84. The van der Waals surface area contributed by atoms with Gasteiger partial charge in [0.05, 0.1) is 17.3 Å². The maximum Gasteiger partial charge on any atom is 0.471 e. The predicted molar refractivity (Wildman–Crippen MR) is 72.8 cm³/mol. The van der Waals surface area contributed by atoms with Crippen LogP contribution in [0, 0.1) is 0 Å². The molecular formula is C14H19F3N4O. The molecule has 2 fully saturated rings. The van der Waals surface area contributed by atoms with Crippen LogP contribution in [0.25, 0.3) is 0 Å². The molecule has 122 valence electrons. The summed E-state index contributed by atoms with van der Waals surface area (Å²) in [5.74, 6) is -1.81. The molecule has 5 nitrogen and oxygen atoms in total. The molecule has 1 aliphatic heterocycles. The van der Waals surface area contributed by atoms with Crippen LogP contribution in [0.1, 0.15) is 43.8 Å². The summed E-state index contributed by atoms with van der Waals surface area (Å²) >= 11 is 0. The molecule has 22 heavy (non-hydrogen) atoms. The summed E-state index contributed by atoms with van der Waals surface area (Å²) < 4.78 is 39.8. The van der Waals surface area contributed by atoms with Crippen molar-refractivity contribution in [3.05, 3.63) is 18.0 Å². The maximum absolute atomic E-state index is 12.6. The molecule has 2 aliphatic rings. The summed E-state index contributed by atoms with van der Waals surface area (Å²) in [5, 5.41) is 4.29. The Bertz CT molecular complexity index is 567. The number of piperidine rings is 1. The Labute approximate surface area is 126 Å². The minimum atomic E-state index is -4.85. The standard InChI is InChI=1S/C14H19F3N4O/c15-14(16,17)12(22)20-8-2-6-13(18,9-20)11-5-7-19-21(11)10-3-1-4-10/h5,7,10H,1-4,6,8-9,18H2. The van der Waals surface area contributed by atoms with Gasteiger partial charge in [0, 0.05) is 19.3 Å². The molecule has 0 aromatic carbocycles. The van der Waals surface area contributed by atoms with Crippen LogP contribution in [-0.2, 0) is 10.3 Å². The van der Waals surface area contributed by atoms with Crippen LogP contribution in [0.2, 0.25) is 0 Å². The van der Waals surface area contributed by atoms with Gasteiger partial charge >= 0.3 is 12.1 Å². The van der Waals surface area contributed by atoms with Gasteiger partial charge < -0.3 is 10.6 Å². The number of carbonyl (C=O) groups is 1. The SMILES string of the molecule is NC1(c2ccnn2C2CCC2)CCCN(C(=O)C(F)(F)F)C1. The van der Waals surface area contributed by atoms with Crippen molar-refractivity contribution in [2.75, 3.05) is 13.1 Å². The van der Waals surface area contributed by atoms with Gasteiger partial charge in [-0.15, -0.1) is 0 Å². The van der Waals surface area contributed by atoms with Crippen LogP contribution >= 0.6 is 0 Å². The van der Waals surface area contributed by atoms with Gasteiger partial charge in [0.15, 0.2) is 0 Å². The number of amides is 1. The lowest BCUT2D eigenvalue weighted by Gasteiger charge is -2.42. The number of aromatic nitrogens is 2. The molecule has 1 unspecified atom stereocenters. The number of likely N-dealkylation sites (tertiary alicyclic amines) is 1. The van der Waals surface area contributed by atoms with Crippen LogP contribution in [-0.4, -0.2) is 39.9 Å². The first-order chi connectivity index (χ1) is 10.3. The van der Waals surface area contributed by atoms with Crippen LogP contribution < -0.4 is 5.73 Å². The number of halogens is 3. The van der Waals surface area contributed by atoms with E-state index in [2.05, 4.69) is 5.10 Å². The van der Waals surface area contributed by atoms with Crippen molar-refractivity contribution < 1.29 is 18.0 Å². The van der Waals surface area contributed by atoms with Gasteiger partial charge in [-0.25, -0.2) is 0 Å². The summed E-state index contributed by atoms with van der Waals surface area (Å²) in [4.78, 5) is 12.3. The molecule has 1 saturated carbocycles. The molecular weight excluding hydrogens is 297 g/mol. The van der Waals surface area contributed by atoms with Crippen molar-refractivity contribution in [3.63, 3.8) is 0 Å². The van der Waals surface area contributed by atoms with Crippen LogP contribution in [0.15, 0.2) is 12.3 Å². The van der Waals surface area contributed by atoms with Gasteiger partial charge in [0.25, 0.3) is 0 Å². The molecule has 8 heteroatoms. The fourth-order valence-corrected chi connectivity index (χ4v) is 3.28. The Morgan fingerprint density at radius 1 is 1.36 bits per heavy atom. The second-order valence-corrected chi connectivity index (χ2v) is 6.23. The molecule has 2 N–H and O–H groups in total. The highest BCUT2D eigenvalue weighted by Crippen LogP contribution is 2.37. The Balaban J connectivity index is 1.83. The number of nitrogens with zero attached hydrogens (tertiary/aromatic N) is 3. The minimum absolute atomic E-state index is 0.0921. The topological polar surface area (TPSA) is 64.2 Å². The maximum atomic E-state index is 12.6. The zero-order valence-corrected chi connectivity index (χ0v) is 12.1. The molecule has 2 heterocycles. The van der Waals surface area contributed by atoms with E-state index in [1.165, 1.54) is 0 Å². The van der Waals surface area contributed by atoms with E-state index in [-0.39, 0.29) is 19.1 Å². The second-order valence-electron chi connectivity index (χ2n) is 6.23. The summed E-state index contributed by atoms with van der Waals surface area (Å²) in [6.07, 6.45) is 0.923. The Hall–Kier alpha value is -1.57. The third-order valence-electron chi connectivity index (χ3n) is 4.65. The fourth-order valence-electron chi connectivity index (χ4n) is 3.28. The molecule has 0 bridgehead atoms.